The Morgan fingerprint density at radius 2 is 0.867 bits per heavy atom. The molecular formula is C42H44Cl3KN5O9+. The third kappa shape index (κ3) is 15.9. The van der Waals surface area contributed by atoms with Gasteiger partial charge >= 0.3 is 75.3 Å². The van der Waals surface area contributed by atoms with Crippen molar-refractivity contribution >= 4 is 76.0 Å². The average molecular weight is 908 g/mol. The number of halogens is 3. The molecule has 1 amide bonds. The van der Waals surface area contributed by atoms with Crippen molar-refractivity contribution in [2.45, 2.75) is 48.5 Å². The number of aryl methyl sites for hydroxylation is 7. The molecule has 60 heavy (non-hydrogen) atoms. The number of esters is 3. The SMILES string of the molecule is COC(=O)c1cc(C)c(N)c(C)c1.COC(=O)c1cc(C)c(NC(=O)c2nc(Cl)ccc2C)c(C)c1.COC(=O)c1nc(Cl)ccc1C.Cc1ccc(Cl)nc1C(=O)O.[K+]. The Kier molecular flexibility index (Phi) is 22.6. The van der Waals surface area contributed by atoms with Crippen molar-refractivity contribution in [3.63, 3.8) is 0 Å². The zero-order valence-electron chi connectivity index (χ0n) is 35.0. The molecule has 3 aromatic heterocycles. The molecule has 0 atom stereocenters. The van der Waals surface area contributed by atoms with Crippen LogP contribution in [0.1, 0.15) is 91.1 Å². The van der Waals surface area contributed by atoms with E-state index in [-0.39, 0.29) is 90.6 Å². The predicted octanol–water partition coefficient (Wildman–Crippen LogP) is 5.95. The van der Waals surface area contributed by atoms with Gasteiger partial charge in [-0.1, -0.05) is 53.0 Å². The molecule has 0 fully saturated rings. The Morgan fingerprint density at radius 3 is 1.23 bits per heavy atom. The molecule has 18 heteroatoms. The summed E-state index contributed by atoms with van der Waals surface area (Å²) in [5.41, 5.74) is 14.1. The van der Waals surface area contributed by atoms with Crippen LogP contribution in [-0.4, -0.2) is 71.2 Å². The second-order valence-electron chi connectivity index (χ2n) is 12.6. The summed E-state index contributed by atoms with van der Waals surface area (Å²) >= 11 is 16.9. The second-order valence-corrected chi connectivity index (χ2v) is 13.8. The van der Waals surface area contributed by atoms with Gasteiger partial charge in [-0.2, -0.15) is 0 Å². The largest absolute Gasteiger partial charge is 1.00 e. The van der Waals surface area contributed by atoms with Crippen molar-refractivity contribution in [3.05, 3.63) is 143 Å². The van der Waals surface area contributed by atoms with E-state index in [1.807, 2.05) is 27.7 Å². The first-order chi connectivity index (χ1) is 27.6. The maximum atomic E-state index is 12.4. The summed E-state index contributed by atoms with van der Waals surface area (Å²) in [4.78, 5) is 68.3. The maximum absolute atomic E-state index is 12.4. The first-order valence-corrected chi connectivity index (χ1v) is 18.5. The fourth-order valence-electron chi connectivity index (χ4n) is 5.04. The van der Waals surface area contributed by atoms with Gasteiger partial charge in [0.1, 0.15) is 21.2 Å². The number of carbonyl (C=O) groups is 5. The minimum absolute atomic E-state index is 0. The van der Waals surface area contributed by atoms with Crippen LogP contribution in [0.15, 0.2) is 60.7 Å². The van der Waals surface area contributed by atoms with Gasteiger partial charge in [-0.25, -0.2) is 34.1 Å². The molecule has 2 aromatic carbocycles. The van der Waals surface area contributed by atoms with Crippen molar-refractivity contribution in [2.24, 2.45) is 0 Å². The number of benzene rings is 2. The molecule has 0 unspecified atom stereocenters. The summed E-state index contributed by atoms with van der Waals surface area (Å²) in [7, 11) is 4.00. The second kappa shape index (κ2) is 25.3. The number of rotatable bonds is 6. The minimum Gasteiger partial charge on any atom is -0.477 e. The van der Waals surface area contributed by atoms with Gasteiger partial charge < -0.3 is 30.4 Å². The number of ether oxygens (including phenoxy) is 3. The molecule has 5 aromatic rings. The van der Waals surface area contributed by atoms with Gasteiger partial charge in [0.25, 0.3) is 5.91 Å². The summed E-state index contributed by atoms with van der Waals surface area (Å²) in [6.45, 7) is 12.6. The summed E-state index contributed by atoms with van der Waals surface area (Å²) in [5, 5.41) is 12.2. The number of aromatic nitrogens is 3. The van der Waals surface area contributed by atoms with Crippen LogP contribution in [0.4, 0.5) is 11.4 Å². The molecule has 0 radical (unpaired) electrons. The molecule has 0 aliphatic heterocycles. The number of carboxylic acids is 1. The van der Waals surface area contributed by atoms with Gasteiger partial charge in [-0.05, 0) is 130 Å². The molecule has 0 saturated heterocycles. The molecular weight excluding hydrogens is 864 g/mol. The molecule has 14 nitrogen and oxygen atoms in total. The third-order valence-electron chi connectivity index (χ3n) is 8.19. The molecule has 0 aliphatic carbocycles. The number of pyridine rings is 3. The van der Waals surface area contributed by atoms with Crippen LogP contribution in [0.25, 0.3) is 0 Å². The van der Waals surface area contributed by atoms with Crippen LogP contribution < -0.4 is 62.4 Å². The standard InChI is InChI=1S/C17H17ClN2O3.C10H13NO2.C8H8ClNO2.C7H6ClNO2.K/c1-9-5-6-13(18)19-15(9)16(21)20-14-10(2)7-12(8-11(14)3)17(22)23-4;1-6-4-8(10(12)13-3)5-7(2)9(6)11;1-5-3-4-6(9)10-7(5)8(11)12-2;1-4-2-3-5(8)9-6(4)7(10)11;/h5-8H,1-4H3,(H,20,21);4-5H,11H2,1-3H3;3-4H,1-2H3;2-3H,1H3,(H,10,11);/q;;;;+1. The van der Waals surface area contributed by atoms with Gasteiger partial charge in [-0.15, -0.1) is 0 Å². The first kappa shape index (κ1) is 53.6. The van der Waals surface area contributed by atoms with Crippen molar-refractivity contribution in [3.8, 4) is 0 Å². The Morgan fingerprint density at radius 1 is 0.533 bits per heavy atom. The molecule has 5 rings (SSSR count). The number of hydrogen-bond donors (Lipinski definition) is 3. The van der Waals surface area contributed by atoms with E-state index in [2.05, 4.69) is 29.7 Å². The van der Waals surface area contributed by atoms with Gasteiger partial charge in [0.2, 0.25) is 0 Å². The molecule has 3 heterocycles. The van der Waals surface area contributed by atoms with Crippen molar-refractivity contribution in [1.29, 1.82) is 0 Å². The van der Waals surface area contributed by atoms with Crippen LogP contribution in [0.3, 0.4) is 0 Å². The van der Waals surface area contributed by atoms with E-state index in [4.69, 9.17) is 50.4 Å². The minimum atomic E-state index is -1.05. The van der Waals surface area contributed by atoms with E-state index in [0.29, 0.717) is 27.5 Å². The number of amides is 1. The van der Waals surface area contributed by atoms with Gasteiger partial charge in [0.15, 0.2) is 11.4 Å². The topological polar surface area (TPSA) is 210 Å². The van der Waals surface area contributed by atoms with E-state index < -0.39 is 17.9 Å². The molecule has 0 aliphatic rings. The van der Waals surface area contributed by atoms with Gasteiger partial charge in [-0.3, -0.25) is 4.79 Å². The zero-order valence-corrected chi connectivity index (χ0v) is 40.4. The molecule has 4 N–H and O–H groups in total. The van der Waals surface area contributed by atoms with Crippen molar-refractivity contribution in [1.82, 2.24) is 15.0 Å². The molecule has 312 valence electrons. The molecule has 0 spiro atoms. The number of nitrogens with two attached hydrogens (primary N) is 1. The van der Waals surface area contributed by atoms with Gasteiger partial charge in [0.05, 0.1) is 32.5 Å². The van der Waals surface area contributed by atoms with Gasteiger partial charge in [0, 0.05) is 11.4 Å². The number of anilines is 2. The smallest absolute Gasteiger partial charge is 0.477 e. The van der Waals surface area contributed by atoms with Crippen LogP contribution >= 0.6 is 34.8 Å². The average Bonchev–Trinajstić information content (AvgIpc) is 3.20. The molecule has 0 saturated carbocycles. The Bertz CT molecular complexity index is 2330. The quantitative estimate of drug-likeness (QED) is 0.0593. The summed E-state index contributed by atoms with van der Waals surface area (Å²) in [6, 6.07) is 16.7. The maximum Gasteiger partial charge on any atom is 1.00 e. The molecule has 0 bridgehead atoms. The number of methoxy groups -OCH3 is 3. The van der Waals surface area contributed by atoms with Crippen LogP contribution in [0.5, 0.6) is 0 Å². The van der Waals surface area contributed by atoms with E-state index in [1.54, 1.807) is 81.4 Å². The Labute approximate surface area is 405 Å². The van der Waals surface area contributed by atoms with E-state index >= 15 is 0 Å². The van der Waals surface area contributed by atoms with Crippen LogP contribution in [0.2, 0.25) is 15.5 Å². The first-order valence-electron chi connectivity index (χ1n) is 17.3. The fraction of sp³-hybridized carbons (Fsp3) is 0.238. The number of nitrogens with one attached hydrogen (secondary N) is 1. The van der Waals surface area contributed by atoms with Crippen molar-refractivity contribution in [2.75, 3.05) is 32.4 Å². The predicted molar refractivity (Wildman–Crippen MR) is 227 cm³/mol. The van der Waals surface area contributed by atoms with E-state index in [9.17, 15) is 24.0 Å². The van der Waals surface area contributed by atoms with Crippen molar-refractivity contribution < 1.29 is 94.7 Å². The number of hydrogen-bond acceptors (Lipinski definition) is 12. The number of carboxylic acid groups (broad SMARTS) is 1. The normalized spacial score (nSPS) is 9.75. The summed E-state index contributed by atoms with van der Waals surface area (Å²) in [5.74, 6) is -2.60. The monoisotopic (exact) mass is 906 g/mol. The fourth-order valence-corrected chi connectivity index (χ4v) is 5.49. The van der Waals surface area contributed by atoms with E-state index in [0.717, 1.165) is 39.1 Å². The number of aromatic carboxylic acids is 1. The third-order valence-corrected chi connectivity index (χ3v) is 8.82. The Hall–Kier alpha value is -4.45. The number of nitrogen functional groups attached to an aromatic ring is 1. The number of carbonyl (C=O) groups excluding carboxylic acids is 4. The van der Waals surface area contributed by atoms with E-state index in [1.165, 1.54) is 21.3 Å². The van der Waals surface area contributed by atoms with Crippen LogP contribution in [0, 0.1) is 48.5 Å². The number of nitrogens with zero attached hydrogens (tertiary/aromatic N) is 3. The Balaban J connectivity index is 0.000000420. The summed E-state index contributed by atoms with van der Waals surface area (Å²) < 4.78 is 13.8. The zero-order chi connectivity index (χ0) is 44.7. The summed E-state index contributed by atoms with van der Waals surface area (Å²) in [6.07, 6.45) is 0. The van der Waals surface area contributed by atoms with Crippen LogP contribution in [-0.2, 0) is 14.2 Å².